The Balaban J connectivity index is 1.76. The highest BCUT2D eigenvalue weighted by Gasteiger charge is 2.31. The van der Waals surface area contributed by atoms with Gasteiger partial charge in [-0.25, -0.2) is 9.78 Å². The lowest BCUT2D eigenvalue weighted by Gasteiger charge is -2.34. The number of hydrogen-bond acceptors (Lipinski definition) is 5. The summed E-state index contributed by atoms with van der Waals surface area (Å²) in [7, 11) is 1.39. The first-order chi connectivity index (χ1) is 10.6. The minimum absolute atomic E-state index is 0.00313. The molecule has 0 radical (unpaired) electrons. The number of methoxy groups -OCH3 is 1. The van der Waals surface area contributed by atoms with Crippen molar-refractivity contribution in [1.82, 2.24) is 14.3 Å². The molecule has 0 N–H and O–H groups in total. The van der Waals surface area contributed by atoms with Crippen LogP contribution >= 0.6 is 0 Å². The predicted octanol–water partition coefficient (Wildman–Crippen LogP) is 1.41. The predicted molar refractivity (Wildman–Crippen MR) is 81.6 cm³/mol. The van der Waals surface area contributed by atoms with Gasteiger partial charge < -0.3 is 13.9 Å². The molecule has 3 heterocycles. The van der Waals surface area contributed by atoms with E-state index in [2.05, 4.69) is 33.5 Å². The summed E-state index contributed by atoms with van der Waals surface area (Å²) in [6.07, 6.45) is 1.53. The molecule has 2 aromatic heterocycles. The Morgan fingerprint density at radius 3 is 3.00 bits per heavy atom. The van der Waals surface area contributed by atoms with Crippen molar-refractivity contribution in [1.29, 1.82) is 0 Å². The molecule has 118 valence electrons. The molecule has 0 aromatic carbocycles. The monoisotopic (exact) mass is 303 g/mol. The fraction of sp³-hybridized carbons (Fsp3) is 0.500. The first kappa shape index (κ1) is 15.0. The third-order valence-electron chi connectivity index (χ3n) is 3.93. The van der Waals surface area contributed by atoms with Crippen molar-refractivity contribution in [2.24, 2.45) is 0 Å². The van der Waals surface area contributed by atoms with Gasteiger partial charge in [-0.05, 0) is 26.0 Å². The summed E-state index contributed by atoms with van der Waals surface area (Å²) in [5.41, 5.74) is 3.09. The first-order valence-electron chi connectivity index (χ1n) is 7.46. The average molecular weight is 303 g/mol. The molecule has 1 saturated heterocycles. The van der Waals surface area contributed by atoms with E-state index in [1.54, 1.807) is 0 Å². The summed E-state index contributed by atoms with van der Waals surface area (Å²) in [5, 5.41) is 0. The number of imidazole rings is 1. The van der Waals surface area contributed by atoms with E-state index in [0.29, 0.717) is 13.1 Å². The number of carbonyl (C=O) groups excluding carboxylic acids is 1. The maximum Gasteiger partial charge on any atom is 0.336 e. The van der Waals surface area contributed by atoms with Crippen molar-refractivity contribution in [3.05, 3.63) is 35.8 Å². The normalized spacial score (nSPS) is 22.9. The molecule has 2 aromatic rings. The van der Waals surface area contributed by atoms with Crippen LogP contribution in [0.5, 0.6) is 0 Å². The second-order valence-electron chi connectivity index (χ2n) is 5.78. The molecule has 1 aliphatic heterocycles. The summed E-state index contributed by atoms with van der Waals surface area (Å²) in [5.74, 6) is -0.317. The van der Waals surface area contributed by atoms with Gasteiger partial charge in [0.1, 0.15) is 5.65 Å². The van der Waals surface area contributed by atoms with E-state index in [-0.39, 0.29) is 12.1 Å². The summed E-state index contributed by atoms with van der Waals surface area (Å²) in [6, 6.07) is 6.06. The minimum atomic E-state index is -0.521. The molecule has 0 bridgehead atoms. The van der Waals surface area contributed by atoms with Crippen LogP contribution in [0, 0.1) is 6.92 Å². The number of nitrogens with zero attached hydrogens (tertiary/aromatic N) is 3. The average Bonchev–Trinajstić information content (AvgIpc) is 2.89. The van der Waals surface area contributed by atoms with Crippen LogP contribution in [-0.4, -0.2) is 52.7 Å². The summed E-state index contributed by atoms with van der Waals surface area (Å²) in [4.78, 5) is 18.5. The molecule has 3 rings (SSSR count). The van der Waals surface area contributed by atoms with Crippen LogP contribution in [0.15, 0.2) is 24.4 Å². The fourth-order valence-corrected chi connectivity index (χ4v) is 2.93. The topological polar surface area (TPSA) is 56.1 Å². The zero-order valence-corrected chi connectivity index (χ0v) is 13.2. The van der Waals surface area contributed by atoms with Crippen molar-refractivity contribution in [3.8, 4) is 0 Å². The fourth-order valence-electron chi connectivity index (χ4n) is 2.93. The van der Waals surface area contributed by atoms with E-state index in [4.69, 9.17) is 9.47 Å². The van der Waals surface area contributed by atoms with Gasteiger partial charge in [0.25, 0.3) is 0 Å². The van der Waals surface area contributed by atoms with Crippen molar-refractivity contribution in [2.45, 2.75) is 32.6 Å². The Morgan fingerprint density at radius 2 is 2.27 bits per heavy atom. The third kappa shape index (κ3) is 2.98. The van der Waals surface area contributed by atoms with Gasteiger partial charge in [-0.1, -0.05) is 6.07 Å². The SMILES string of the molecule is COC(=O)[C@H]1CN(Cc2cn3c(C)cccc3n2)C[C@@H](C)O1. The highest BCUT2D eigenvalue weighted by molar-refractivity contribution is 5.75. The van der Waals surface area contributed by atoms with Crippen molar-refractivity contribution in [2.75, 3.05) is 20.2 Å². The smallest absolute Gasteiger partial charge is 0.336 e. The van der Waals surface area contributed by atoms with E-state index in [9.17, 15) is 4.79 Å². The number of aryl methyl sites for hydroxylation is 1. The standard InChI is InChI=1S/C16H21N3O3/c1-11-5-4-6-15-17-13(9-19(11)15)8-18-7-12(2)22-14(10-18)16(20)21-3/h4-6,9,12,14H,7-8,10H2,1-3H3/t12-,14-/m1/s1. The molecular formula is C16H21N3O3. The van der Waals surface area contributed by atoms with Gasteiger partial charge in [0, 0.05) is 31.5 Å². The number of morpholine rings is 1. The molecule has 0 saturated carbocycles. The Bertz CT molecular complexity index is 682. The van der Waals surface area contributed by atoms with Crippen molar-refractivity contribution >= 4 is 11.6 Å². The van der Waals surface area contributed by atoms with Crippen LogP contribution in [0.1, 0.15) is 18.3 Å². The number of esters is 1. The first-order valence-corrected chi connectivity index (χ1v) is 7.46. The Kier molecular flexibility index (Phi) is 4.13. The van der Waals surface area contributed by atoms with Gasteiger partial charge in [0.05, 0.1) is 18.9 Å². The van der Waals surface area contributed by atoms with Crippen LogP contribution in [0.4, 0.5) is 0 Å². The molecule has 0 unspecified atom stereocenters. The maximum absolute atomic E-state index is 11.7. The molecule has 22 heavy (non-hydrogen) atoms. The lowest BCUT2D eigenvalue weighted by Crippen LogP contribution is -2.49. The second-order valence-corrected chi connectivity index (χ2v) is 5.78. The summed E-state index contributed by atoms with van der Waals surface area (Å²) in [6.45, 7) is 6.03. The number of ether oxygens (including phenoxy) is 2. The number of carbonyl (C=O) groups is 1. The Labute approximate surface area is 129 Å². The molecule has 0 amide bonds. The van der Waals surface area contributed by atoms with E-state index in [1.165, 1.54) is 7.11 Å². The summed E-state index contributed by atoms with van der Waals surface area (Å²) < 4.78 is 12.5. The number of fused-ring (bicyclic) bond motifs is 1. The van der Waals surface area contributed by atoms with Crippen LogP contribution in [0.3, 0.4) is 0 Å². The largest absolute Gasteiger partial charge is 0.467 e. The van der Waals surface area contributed by atoms with Gasteiger partial charge in [-0.3, -0.25) is 4.90 Å². The molecule has 1 fully saturated rings. The van der Waals surface area contributed by atoms with Gasteiger partial charge in [-0.2, -0.15) is 0 Å². The molecule has 6 heteroatoms. The number of pyridine rings is 1. The molecular weight excluding hydrogens is 282 g/mol. The Hall–Kier alpha value is -1.92. The number of aromatic nitrogens is 2. The molecule has 2 atom stereocenters. The highest BCUT2D eigenvalue weighted by atomic mass is 16.6. The third-order valence-corrected chi connectivity index (χ3v) is 3.93. The van der Waals surface area contributed by atoms with E-state index in [0.717, 1.165) is 23.6 Å². The van der Waals surface area contributed by atoms with Crippen molar-refractivity contribution < 1.29 is 14.3 Å². The lowest BCUT2D eigenvalue weighted by atomic mass is 10.2. The Morgan fingerprint density at radius 1 is 1.45 bits per heavy atom. The van der Waals surface area contributed by atoms with Crippen LogP contribution < -0.4 is 0 Å². The van der Waals surface area contributed by atoms with E-state index in [1.807, 2.05) is 19.1 Å². The lowest BCUT2D eigenvalue weighted by molar-refractivity contribution is -0.166. The minimum Gasteiger partial charge on any atom is -0.467 e. The highest BCUT2D eigenvalue weighted by Crippen LogP contribution is 2.16. The van der Waals surface area contributed by atoms with Crippen LogP contribution in [0.25, 0.3) is 5.65 Å². The zero-order valence-electron chi connectivity index (χ0n) is 13.2. The van der Waals surface area contributed by atoms with E-state index >= 15 is 0 Å². The van der Waals surface area contributed by atoms with Gasteiger partial charge >= 0.3 is 5.97 Å². The number of rotatable bonds is 3. The zero-order chi connectivity index (χ0) is 15.7. The summed E-state index contributed by atoms with van der Waals surface area (Å²) >= 11 is 0. The second kappa shape index (κ2) is 6.06. The van der Waals surface area contributed by atoms with Gasteiger partial charge in [0.2, 0.25) is 0 Å². The molecule has 0 spiro atoms. The quantitative estimate of drug-likeness (QED) is 0.802. The molecule has 1 aliphatic rings. The maximum atomic E-state index is 11.7. The van der Waals surface area contributed by atoms with Gasteiger partial charge in [-0.15, -0.1) is 0 Å². The molecule has 0 aliphatic carbocycles. The van der Waals surface area contributed by atoms with E-state index < -0.39 is 6.10 Å². The van der Waals surface area contributed by atoms with Crippen molar-refractivity contribution in [3.63, 3.8) is 0 Å². The molecule has 6 nitrogen and oxygen atoms in total. The van der Waals surface area contributed by atoms with Crippen LogP contribution in [0.2, 0.25) is 0 Å². The van der Waals surface area contributed by atoms with Gasteiger partial charge in [0.15, 0.2) is 6.10 Å². The number of hydrogen-bond donors (Lipinski definition) is 0. The van der Waals surface area contributed by atoms with Crippen LogP contribution in [-0.2, 0) is 20.8 Å².